The highest BCUT2D eigenvalue weighted by Crippen LogP contribution is 2.33. The molecule has 0 bridgehead atoms. The van der Waals surface area contributed by atoms with Crippen molar-refractivity contribution in [2.24, 2.45) is 4.99 Å². The summed E-state index contributed by atoms with van der Waals surface area (Å²) in [6.45, 7) is 8.33. The van der Waals surface area contributed by atoms with E-state index in [0.29, 0.717) is 18.1 Å². The molecule has 8 heteroatoms. The van der Waals surface area contributed by atoms with Crippen LogP contribution in [0.1, 0.15) is 25.5 Å². The zero-order chi connectivity index (χ0) is 20.5. The van der Waals surface area contributed by atoms with Crippen LogP contribution in [0, 0.1) is 0 Å². The Kier molecular flexibility index (Phi) is 6.25. The van der Waals surface area contributed by atoms with Crippen molar-refractivity contribution in [3.8, 4) is 0 Å². The number of fused-ring (bicyclic) bond motifs is 1. The van der Waals surface area contributed by atoms with Gasteiger partial charge in [-0.2, -0.15) is 0 Å². The maximum absolute atomic E-state index is 6.44. The van der Waals surface area contributed by atoms with Crippen LogP contribution in [0.4, 0.5) is 5.69 Å². The Morgan fingerprint density at radius 2 is 2.03 bits per heavy atom. The van der Waals surface area contributed by atoms with Crippen molar-refractivity contribution in [3.63, 3.8) is 0 Å². The number of aromatic nitrogens is 1. The van der Waals surface area contributed by atoms with E-state index in [4.69, 9.17) is 21.3 Å². The molecule has 30 heavy (non-hydrogen) atoms. The number of ether oxygens (including phenoxy) is 1. The molecule has 4 heterocycles. The molecule has 3 aliphatic heterocycles. The molecule has 2 atom stereocenters. The molecule has 0 saturated carbocycles. The van der Waals surface area contributed by atoms with Gasteiger partial charge in [0.1, 0.15) is 5.04 Å². The molecule has 162 valence electrons. The van der Waals surface area contributed by atoms with E-state index in [0.717, 1.165) is 90.3 Å². The predicted molar refractivity (Wildman–Crippen MR) is 127 cm³/mol. The third-order valence-electron chi connectivity index (χ3n) is 6.46. The van der Waals surface area contributed by atoms with Crippen LogP contribution in [0.2, 0.25) is 5.02 Å². The molecule has 2 unspecified atom stereocenters. The Balaban J connectivity index is 1.37. The fourth-order valence-corrected chi connectivity index (χ4v) is 6.00. The topological polar surface area (TPSA) is 64.7 Å². The average Bonchev–Trinajstić information content (AvgIpc) is 3.42. The van der Waals surface area contributed by atoms with Gasteiger partial charge in [0, 0.05) is 67.6 Å². The molecule has 5 rings (SSSR count). The van der Waals surface area contributed by atoms with Crippen LogP contribution < -0.4 is 10.6 Å². The van der Waals surface area contributed by atoms with Gasteiger partial charge in [0.25, 0.3) is 0 Å². The summed E-state index contributed by atoms with van der Waals surface area (Å²) < 4.78 is 5.49. The van der Waals surface area contributed by atoms with Crippen molar-refractivity contribution in [1.82, 2.24) is 15.2 Å². The van der Waals surface area contributed by atoms with E-state index in [1.165, 1.54) is 0 Å². The molecule has 0 aliphatic carbocycles. The van der Waals surface area contributed by atoms with Crippen LogP contribution >= 0.6 is 23.4 Å². The number of anilines is 1. The van der Waals surface area contributed by atoms with Crippen LogP contribution in [0.5, 0.6) is 0 Å². The summed E-state index contributed by atoms with van der Waals surface area (Å²) in [7, 11) is 0. The fourth-order valence-electron chi connectivity index (χ4n) is 4.62. The second kappa shape index (κ2) is 9.09. The molecule has 2 saturated heterocycles. The van der Waals surface area contributed by atoms with Gasteiger partial charge >= 0.3 is 0 Å². The molecular formula is C22H30ClN5OS. The number of nitrogens with one attached hydrogen (secondary N) is 3. The quantitative estimate of drug-likeness (QED) is 0.654. The zero-order valence-electron chi connectivity index (χ0n) is 17.4. The number of piperazine rings is 1. The molecule has 2 fully saturated rings. The summed E-state index contributed by atoms with van der Waals surface area (Å²) in [6.07, 6.45) is 2.05. The molecule has 0 spiro atoms. The van der Waals surface area contributed by atoms with Gasteiger partial charge in [-0.25, -0.2) is 0 Å². The maximum Gasteiger partial charge on any atom is 0.114 e. The van der Waals surface area contributed by atoms with E-state index in [1.807, 2.05) is 23.9 Å². The first kappa shape index (κ1) is 20.6. The molecule has 2 aromatic rings. The van der Waals surface area contributed by atoms with E-state index in [9.17, 15) is 0 Å². The van der Waals surface area contributed by atoms with Gasteiger partial charge in [0.05, 0.1) is 22.9 Å². The van der Waals surface area contributed by atoms with Crippen molar-refractivity contribution in [3.05, 3.63) is 28.9 Å². The van der Waals surface area contributed by atoms with Crippen molar-refractivity contribution >= 4 is 45.0 Å². The van der Waals surface area contributed by atoms with Gasteiger partial charge in [0.15, 0.2) is 0 Å². The minimum atomic E-state index is 0.345. The standard InChI is InChI=1S/C22H30ClN5OS/c1-14(28-6-4-24-5-7-28)20-13-30-22(27-20)19-11-15-10-16(23)12-18(21(15)26-19)25-17-2-8-29-9-3-17/h10-12,14,17,20,24-26H,2-9,13H2,1H3. The SMILES string of the molecule is CC(C1CSC(c2cc3cc(Cl)cc(NC4CCOCC4)c3[nH]2)=N1)N1CCNCC1. The number of aliphatic imine (C=N–C) groups is 1. The number of hydrogen-bond donors (Lipinski definition) is 3. The zero-order valence-corrected chi connectivity index (χ0v) is 19.0. The number of benzene rings is 1. The van der Waals surface area contributed by atoms with E-state index < -0.39 is 0 Å². The molecule has 1 aromatic carbocycles. The fraction of sp³-hybridized carbons (Fsp3) is 0.591. The average molecular weight is 448 g/mol. The first-order valence-corrected chi connectivity index (χ1v) is 12.4. The summed E-state index contributed by atoms with van der Waals surface area (Å²) in [5.74, 6) is 1.05. The van der Waals surface area contributed by atoms with Gasteiger partial charge in [-0.05, 0) is 38.0 Å². The minimum absolute atomic E-state index is 0.345. The van der Waals surface area contributed by atoms with Crippen LogP contribution in [0.15, 0.2) is 23.2 Å². The van der Waals surface area contributed by atoms with E-state index in [1.54, 1.807) is 0 Å². The predicted octanol–water partition coefficient (Wildman–Crippen LogP) is 3.57. The number of halogens is 1. The van der Waals surface area contributed by atoms with Crippen LogP contribution in [-0.4, -0.2) is 78.2 Å². The monoisotopic (exact) mass is 447 g/mol. The van der Waals surface area contributed by atoms with Crippen molar-refractivity contribution in [2.45, 2.75) is 37.9 Å². The molecule has 0 amide bonds. The second-order valence-electron chi connectivity index (χ2n) is 8.47. The van der Waals surface area contributed by atoms with Crippen LogP contribution in [0.25, 0.3) is 10.9 Å². The lowest BCUT2D eigenvalue weighted by Crippen LogP contribution is -2.51. The highest BCUT2D eigenvalue weighted by Gasteiger charge is 2.30. The number of hydrogen-bond acceptors (Lipinski definition) is 6. The lowest BCUT2D eigenvalue weighted by Gasteiger charge is -2.34. The summed E-state index contributed by atoms with van der Waals surface area (Å²) >= 11 is 8.30. The van der Waals surface area contributed by atoms with Gasteiger partial charge in [-0.3, -0.25) is 9.89 Å². The normalized spacial score (nSPS) is 24.9. The van der Waals surface area contributed by atoms with E-state index in [2.05, 4.69) is 33.5 Å². The third kappa shape index (κ3) is 4.36. The molecule has 0 radical (unpaired) electrons. The number of H-pyrrole nitrogens is 1. The summed E-state index contributed by atoms with van der Waals surface area (Å²) in [5, 5.41) is 10.1. The van der Waals surface area contributed by atoms with Crippen LogP contribution in [-0.2, 0) is 4.74 Å². The first-order valence-electron chi connectivity index (χ1n) is 11.0. The Morgan fingerprint density at radius 1 is 1.23 bits per heavy atom. The molecule has 1 aromatic heterocycles. The maximum atomic E-state index is 6.44. The molecule has 6 nitrogen and oxygen atoms in total. The number of nitrogens with zero attached hydrogens (tertiary/aromatic N) is 2. The van der Waals surface area contributed by atoms with Gasteiger partial charge in [0.2, 0.25) is 0 Å². The van der Waals surface area contributed by atoms with Crippen molar-refractivity contribution < 1.29 is 4.74 Å². The lowest BCUT2D eigenvalue weighted by molar-refractivity contribution is 0.0905. The van der Waals surface area contributed by atoms with E-state index in [-0.39, 0.29) is 0 Å². The second-order valence-corrected chi connectivity index (χ2v) is 9.92. The summed E-state index contributed by atoms with van der Waals surface area (Å²) in [5.41, 5.74) is 3.29. The molecular weight excluding hydrogens is 418 g/mol. The van der Waals surface area contributed by atoms with Crippen LogP contribution in [0.3, 0.4) is 0 Å². The minimum Gasteiger partial charge on any atom is -0.381 e. The largest absolute Gasteiger partial charge is 0.381 e. The highest BCUT2D eigenvalue weighted by atomic mass is 35.5. The Labute approximate surface area is 187 Å². The summed E-state index contributed by atoms with van der Waals surface area (Å²) in [4.78, 5) is 11.3. The van der Waals surface area contributed by atoms with Crippen molar-refractivity contribution in [2.75, 3.05) is 50.5 Å². The Hall–Kier alpha value is -1.25. The van der Waals surface area contributed by atoms with Crippen molar-refractivity contribution in [1.29, 1.82) is 0 Å². The van der Waals surface area contributed by atoms with Gasteiger partial charge in [-0.15, -0.1) is 11.8 Å². The molecule has 3 aliphatic rings. The Bertz CT molecular complexity index is 920. The summed E-state index contributed by atoms with van der Waals surface area (Å²) in [6, 6.07) is 7.50. The molecule has 3 N–H and O–H groups in total. The first-order chi connectivity index (χ1) is 14.7. The number of rotatable bonds is 5. The highest BCUT2D eigenvalue weighted by molar-refractivity contribution is 8.14. The number of aromatic amines is 1. The van der Waals surface area contributed by atoms with E-state index >= 15 is 0 Å². The Morgan fingerprint density at radius 3 is 2.83 bits per heavy atom. The van der Waals surface area contributed by atoms with Gasteiger partial charge < -0.3 is 20.4 Å². The smallest absolute Gasteiger partial charge is 0.114 e. The number of thioether (sulfide) groups is 1. The lowest BCUT2D eigenvalue weighted by atomic mass is 10.1. The third-order valence-corrected chi connectivity index (χ3v) is 7.79. The van der Waals surface area contributed by atoms with Gasteiger partial charge in [-0.1, -0.05) is 11.6 Å².